The average molecular weight is 364 g/mol. The van der Waals surface area contributed by atoms with Crippen molar-refractivity contribution in [2.24, 2.45) is 5.16 Å². The summed E-state index contributed by atoms with van der Waals surface area (Å²) in [4.78, 5) is 26.8. The van der Waals surface area contributed by atoms with E-state index in [1.165, 1.54) is 31.5 Å². The quantitative estimate of drug-likeness (QED) is 0.462. The molecule has 0 unspecified atom stereocenters. The molecule has 0 radical (unpaired) electrons. The third kappa shape index (κ3) is 5.47. The van der Waals surface area contributed by atoms with Gasteiger partial charge in [0.2, 0.25) is 0 Å². The summed E-state index contributed by atoms with van der Waals surface area (Å²) in [5, 5.41) is 17.2. The molecule has 2 aromatic carbocycles. The van der Waals surface area contributed by atoms with Crippen LogP contribution in [0.4, 0.5) is 11.4 Å². The van der Waals surface area contributed by atoms with Gasteiger partial charge in [-0.05, 0) is 18.2 Å². The van der Waals surface area contributed by atoms with Crippen LogP contribution in [0.5, 0.6) is 5.75 Å². The van der Waals surface area contributed by atoms with Crippen molar-refractivity contribution in [2.75, 3.05) is 19.0 Å². The highest BCUT2D eigenvalue weighted by molar-refractivity contribution is 6.32. The van der Waals surface area contributed by atoms with Gasteiger partial charge >= 0.3 is 0 Å². The molecular formula is C16H14ClN3O5. The van der Waals surface area contributed by atoms with E-state index >= 15 is 0 Å². The van der Waals surface area contributed by atoms with Crippen molar-refractivity contribution in [1.82, 2.24) is 0 Å². The molecule has 0 heterocycles. The lowest BCUT2D eigenvalue weighted by Gasteiger charge is -2.07. The number of amides is 1. The number of carbonyl (C=O) groups is 1. The Morgan fingerprint density at radius 2 is 2.16 bits per heavy atom. The summed E-state index contributed by atoms with van der Waals surface area (Å²) in [6.45, 7) is -0.324. The van der Waals surface area contributed by atoms with E-state index in [4.69, 9.17) is 21.2 Å². The molecule has 0 spiro atoms. The Morgan fingerprint density at radius 1 is 1.36 bits per heavy atom. The number of methoxy groups -OCH3 is 1. The molecule has 0 aliphatic carbocycles. The number of nitrogens with one attached hydrogen (secondary N) is 1. The Hall–Kier alpha value is -3.13. The standard InChI is InChI=1S/C16H14ClN3O5/c1-24-15-6-5-12(8-14(15)17)19-16(21)10-25-18-9-11-3-2-4-13(7-11)20(22)23/h2-9H,10H2,1H3,(H,19,21)/b18-9+. The largest absolute Gasteiger partial charge is 0.495 e. The number of non-ortho nitro benzene ring substituents is 1. The van der Waals surface area contributed by atoms with E-state index in [2.05, 4.69) is 10.5 Å². The number of halogens is 1. The number of nitrogens with zero attached hydrogens (tertiary/aromatic N) is 2. The molecule has 0 bridgehead atoms. The average Bonchev–Trinajstić information content (AvgIpc) is 2.59. The first-order valence-electron chi connectivity index (χ1n) is 7.03. The lowest BCUT2D eigenvalue weighted by molar-refractivity contribution is -0.384. The fraction of sp³-hybridized carbons (Fsp3) is 0.125. The predicted octanol–water partition coefficient (Wildman–Crippen LogP) is 3.25. The number of nitro groups is 1. The smallest absolute Gasteiger partial charge is 0.270 e. The molecule has 8 nitrogen and oxygen atoms in total. The van der Waals surface area contributed by atoms with Crippen molar-refractivity contribution in [3.05, 3.63) is 63.2 Å². The van der Waals surface area contributed by atoms with Gasteiger partial charge in [0, 0.05) is 23.4 Å². The van der Waals surface area contributed by atoms with Gasteiger partial charge in [-0.2, -0.15) is 0 Å². The van der Waals surface area contributed by atoms with E-state index in [1.54, 1.807) is 24.3 Å². The van der Waals surface area contributed by atoms with Crippen molar-refractivity contribution >= 4 is 35.1 Å². The molecule has 0 aliphatic rings. The number of anilines is 1. The van der Waals surface area contributed by atoms with Gasteiger partial charge in [-0.15, -0.1) is 0 Å². The second kappa shape index (κ2) is 8.65. The molecule has 1 N–H and O–H groups in total. The SMILES string of the molecule is COc1ccc(NC(=O)CO/N=C/c2cccc([N+](=O)[O-])c2)cc1Cl. The molecule has 2 rings (SSSR count). The number of carbonyl (C=O) groups excluding carboxylic acids is 1. The maximum atomic E-state index is 11.8. The van der Waals surface area contributed by atoms with E-state index in [0.717, 1.165) is 0 Å². The Balaban J connectivity index is 1.85. The van der Waals surface area contributed by atoms with Gasteiger partial charge in [-0.25, -0.2) is 0 Å². The van der Waals surface area contributed by atoms with Gasteiger partial charge < -0.3 is 14.9 Å². The maximum absolute atomic E-state index is 11.8. The topological polar surface area (TPSA) is 103 Å². The van der Waals surface area contributed by atoms with Crippen molar-refractivity contribution in [3.8, 4) is 5.75 Å². The fourth-order valence-corrected chi connectivity index (χ4v) is 2.11. The van der Waals surface area contributed by atoms with E-state index in [1.807, 2.05) is 0 Å². The minimum absolute atomic E-state index is 0.0573. The van der Waals surface area contributed by atoms with Crippen LogP contribution in [0.1, 0.15) is 5.56 Å². The van der Waals surface area contributed by atoms with Crippen molar-refractivity contribution in [3.63, 3.8) is 0 Å². The van der Waals surface area contributed by atoms with Crippen LogP contribution in [0.2, 0.25) is 5.02 Å². The van der Waals surface area contributed by atoms with Crippen molar-refractivity contribution in [2.45, 2.75) is 0 Å². The zero-order valence-electron chi connectivity index (χ0n) is 13.1. The van der Waals surface area contributed by atoms with Crippen LogP contribution >= 0.6 is 11.6 Å². The van der Waals surface area contributed by atoms with Crippen LogP contribution in [0.3, 0.4) is 0 Å². The normalized spacial score (nSPS) is 10.5. The molecule has 130 valence electrons. The first kappa shape index (κ1) is 18.2. The molecule has 25 heavy (non-hydrogen) atoms. The third-order valence-corrected chi connectivity index (χ3v) is 3.28. The molecule has 0 fully saturated rings. The molecule has 0 aromatic heterocycles. The maximum Gasteiger partial charge on any atom is 0.270 e. The first-order chi connectivity index (χ1) is 12.0. The van der Waals surface area contributed by atoms with E-state index in [9.17, 15) is 14.9 Å². The van der Waals surface area contributed by atoms with Crippen molar-refractivity contribution in [1.29, 1.82) is 0 Å². The number of rotatable bonds is 7. The Labute approximate surface area is 148 Å². The highest BCUT2D eigenvalue weighted by atomic mass is 35.5. The van der Waals surface area contributed by atoms with Crippen LogP contribution in [-0.4, -0.2) is 30.8 Å². The molecular weight excluding hydrogens is 350 g/mol. The van der Waals surface area contributed by atoms with Gasteiger partial charge in [0.1, 0.15) is 5.75 Å². The lowest BCUT2D eigenvalue weighted by atomic mass is 10.2. The number of ether oxygens (including phenoxy) is 1. The monoisotopic (exact) mass is 363 g/mol. The summed E-state index contributed by atoms with van der Waals surface area (Å²) >= 11 is 5.96. The van der Waals surface area contributed by atoms with Crippen LogP contribution in [0, 0.1) is 10.1 Å². The summed E-state index contributed by atoms with van der Waals surface area (Å²) < 4.78 is 5.02. The molecule has 1 amide bonds. The minimum atomic E-state index is -0.508. The van der Waals surface area contributed by atoms with Crippen LogP contribution in [-0.2, 0) is 9.63 Å². The summed E-state index contributed by atoms with van der Waals surface area (Å²) in [5.41, 5.74) is 0.914. The van der Waals surface area contributed by atoms with Gasteiger partial charge in [0.25, 0.3) is 11.6 Å². The predicted molar refractivity (Wildman–Crippen MR) is 93.3 cm³/mol. The number of nitro benzene ring substituents is 1. The summed E-state index contributed by atoms with van der Waals surface area (Å²) in [6.07, 6.45) is 1.28. The van der Waals surface area contributed by atoms with E-state index in [-0.39, 0.29) is 12.3 Å². The second-order valence-corrected chi connectivity index (χ2v) is 5.16. The third-order valence-electron chi connectivity index (χ3n) is 2.99. The second-order valence-electron chi connectivity index (χ2n) is 4.76. The van der Waals surface area contributed by atoms with Gasteiger partial charge in [0.05, 0.1) is 23.3 Å². The minimum Gasteiger partial charge on any atom is -0.495 e. The molecule has 2 aromatic rings. The fourth-order valence-electron chi connectivity index (χ4n) is 1.85. The highest BCUT2D eigenvalue weighted by Gasteiger charge is 2.07. The summed E-state index contributed by atoms with van der Waals surface area (Å²) in [6, 6.07) is 10.7. The Bertz CT molecular complexity index is 810. The highest BCUT2D eigenvalue weighted by Crippen LogP contribution is 2.27. The van der Waals surface area contributed by atoms with Crippen LogP contribution < -0.4 is 10.1 Å². The zero-order valence-corrected chi connectivity index (χ0v) is 13.9. The van der Waals surface area contributed by atoms with E-state index < -0.39 is 10.8 Å². The lowest BCUT2D eigenvalue weighted by Crippen LogP contribution is -2.16. The zero-order chi connectivity index (χ0) is 18.2. The van der Waals surface area contributed by atoms with Gasteiger partial charge in [0.15, 0.2) is 6.61 Å². The number of benzene rings is 2. The number of hydrogen-bond acceptors (Lipinski definition) is 6. The van der Waals surface area contributed by atoms with Gasteiger partial charge in [-0.3, -0.25) is 14.9 Å². The number of oxime groups is 1. The molecule has 9 heteroatoms. The number of hydrogen-bond donors (Lipinski definition) is 1. The first-order valence-corrected chi connectivity index (χ1v) is 7.40. The Morgan fingerprint density at radius 3 is 2.84 bits per heavy atom. The van der Waals surface area contributed by atoms with E-state index in [0.29, 0.717) is 22.0 Å². The molecule has 0 saturated heterocycles. The van der Waals surface area contributed by atoms with Crippen LogP contribution in [0.15, 0.2) is 47.6 Å². The molecule has 0 saturated carbocycles. The molecule has 0 atom stereocenters. The van der Waals surface area contributed by atoms with Gasteiger partial charge in [-0.1, -0.05) is 28.9 Å². The van der Waals surface area contributed by atoms with Crippen molar-refractivity contribution < 1.29 is 19.3 Å². The summed E-state index contributed by atoms with van der Waals surface area (Å²) in [7, 11) is 1.49. The van der Waals surface area contributed by atoms with Crippen LogP contribution in [0.25, 0.3) is 0 Å². The summed E-state index contributed by atoms with van der Waals surface area (Å²) in [5.74, 6) is 0.0647. The molecule has 0 aliphatic heterocycles. The Kier molecular flexibility index (Phi) is 6.30.